The lowest BCUT2D eigenvalue weighted by atomic mass is 10.1. The highest BCUT2D eigenvalue weighted by atomic mass is 79.9. The van der Waals surface area contributed by atoms with Gasteiger partial charge in [0, 0.05) is 15.6 Å². The molecule has 3 aromatic rings. The van der Waals surface area contributed by atoms with E-state index in [-0.39, 0.29) is 11.4 Å². The van der Waals surface area contributed by atoms with Crippen molar-refractivity contribution in [1.82, 2.24) is 15.6 Å². The van der Waals surface area contributed by atoms with Crippen LogP contribution in [0.2, 0.25) is 0 Å². The normalized spacial score (nSPS) is 10.9. The van der Waals surface area contributed by atoms with Crippen molar-refractivity contribution in [3.8, 4) is 22.8 Å². The summed E-state index contributed by atoms with van der Waals surface area (Å²) in [6, 6.07) is 14.0. The highest BCUT2D eigenvalue weighted by Crippen LogP contribution is 2.23. The molecule has 1 aromatic heterocycles. The molecule has 0 fully saturated rings. The molecule has 3 rings (SSSR count). The van der Waals surface area contributed by atoms with E-state index in [4.69, 9.17) is 4.74 Å². The van der Waals surface area contributed by atoms with Crippen LogP contribution in [-0.4, -0.2) is 34.0 Å². The van der Waals surface area contributed by atoms with Crippen molar-refractivity contribution in [2.24, 2.45) is 5.10 Å². The predicted molar refractivity (Wildman–Crippen MR) is 106 cm³/mol. The minimum absolute atomic E-state index is 0.0641. The molecule has 8 heteroatoms. The standard InChI is InChI=1S/C19H17BrN4O3/c1-2-27-15-5-3-4-12(9-15)16-10-17(23-22-16)19(26)24-21-11-13-8-14(20)6-7-18(13)25/h3-11,25H,2H2,1H3,(H,22,23)(H,24,26)/b21-11-. The van der Waals surface area contributed by atoms with Crippen molar-refractivity contribution in [2.75, 3.05) is 6.61 Å². The van der Waals surface area contributed by atoms with Crippen molar-refractivity contribution in [3.63, 3.8) is 0 Å². The highest BCUT2D eigenvalue weighted by Gasteiger charge is 2.11. The highest BCUT2D eigenvalue weighted by molar-refractivity contribution is 9.10. The number of H-pyrrole nitrogens is 1. The van der Waals surface area contributed by atoms with E-state index in [1.165, 1.54) is 12.3 Å². The molecule has 3 N–H and O–H groups in total. The first-order chi connectivity index (χ1) is 13.1. The van der Waals surface area contributed by atoms with Crippen molar-refractivity contribution in [3.05, 3.63) is 64.3 Å². The van der Waals surface area contributed by atoms with Gasteiger partial charge in [0.25, 0.3) is 5.91 Å². The number of halogens is 1. The van der Waals surface area contributed by atoms with Gasteiger partial charge in [-0.05, 0) is 43.3 Å². The monoisotopic (exact) mass is 428 g/mol. The second-order valence-electron chi connectivity index (χ2n) is 5.53. The number of hydrogen-bond acceptors (Lipinski definition) is 5. The maximum absolute atomic E-state index is 12.2. The number of carbonyl (C=O) groups excluding carboxylic acids is 1. The average molecular weight is 429 g/mol. The third-order valence-corrected chi connectivity index (χ3v) is 4.12. The number of rotatable bonds is 6. The summed E-state index contributed by atoms with van der Waals surface area (Å²) in [5, 5.41) is 20.5. The van der Waals surface area contributed by atoms with Gasteiger partial charge in [-0.25, -0.2) is 5.43 Å². The average Bonchev–Trinajstić information content (AvgIpc) is 3.15. The number of phenols is 1. The number of aromatic nitrogens is 2. The second-order valence-corrected chi connectivity index (χ2v) is 6.45. The maximum atomic E-state index is 12.2. The molecule has 0 saturated heterocycles. The van der Waals surface area contributed by atoms with Crippen molar-refractivity contribution < 1.29 is 14.6 Å². The van der Waals surface area contributed by atoms with Crippen molar-refractivity contribution in [2.45, 2.75) is 6.92 Å². The van der Waals surface area contributed by atoms with Gasteiger partial charge >= 0.3 is 0 Å². The van der Waals surface area contributed by atoms with Crippen LogP contribution in [0.4, 0.5) is 0 Å². The molecule has 0 radical (unpaired) electrons. The molecule has 0 saturated carbocycles. The zero-order chi connectivity index (χ0) is 19.2. The molecule has 0 spiro atoms. The third kappa shape index (κ3) is 4.73. The van der Waals surface area contributed by atoms with E-state index >= 15 is 0 Å². The maximum Gasteiger partial charge on any atom is 0.289 e. The Labute approximate surface area is 164 Å². The van der Waals surface area contributed by atoms with Crippen LogP contribution in [0.5, 0.6) is 11.5 Å². The Morgan fingerprint density at radius 2 is 2.19 bits per heavy atom. The van der Waals surface area contributed by atoms with E-state index in [0.29, 0.717) is 17.9 Å². The van der Waals surface area contributed by atoms with Gasteiger partial charge in [-0.2, -0.15) is 10.2 Å². The summed E-state index contributed by atoms with van der Waals surface area (Å²) in [4.78, 5) is 12.2. The largest absolute Gasteiger partial charge is 0.507 e. The Balaban J connectivity index is 1.69. The molecule has 0 aliphatic heterocycles. The molecule has 0 unspecified atom stereocenters. The lowest BCUT2D eigenvalue weighted by Crippen LogP contribution is -2.18. The number of ether oxygens (including phenoxy) is 1. The van der Waals surface area contributed by atoms with Gasteiger partial charge in [-0.1, -0.05) is 28.1 Å². The van der Waals surface area contributed by atoms with E-state index in [2.05, 4.69) is 36.7 Å². The summed E-state index contributed by atoms with van der Waals surface area (Å²) >= 11 is 3.31. The van der Waals surface area contributed by atoms with Crippen LogP contribution in [0.25, 0.3) is 11.3 Å². The van der Waals surface area contributed by atoms with Gasteiger partial charge in [-0.15, -0.1) is 0 Å². The molecule has 7 nitrogen and oxygen atoms in total. The number of nitrogens with one attached hydrogen (secondary N) is 2. The molecule has 138 valence electrons. The summed E-state index contributed by atoms with van der Waals surface area (Å²) in [6.07, 6.45) is 1.36. The van der Waals surface area contributed by atoms with E-state index in [9.17, 15) is 9.90 Å². The van der Waals surface area contributed by atoms with Crippen LogP contribution in [0, 0.1) is 0 Å². The molecule has 0 atom stereocenters. The van der Waals surface area contributed by atoms with Crippen LogP contribution >= 0.6 is 15.9 Å². The zero-order valence-electron chi connectivity index (χ0n) is 14.4. The van der Waals surface area contributed by atoms with E-state index < -0.39 is 5.91 Å². The number of carbonyl (C=O) groups is 1. The van der Waals surface area contributed by atoms with Gasteiger partial charge in [-0.3, -0.25) is 9.89 Å². The number of phenolic OH excluding ortho intramolecular Hbond substituents is 1. The smallest absolute Gasteiger partial charge is 0.289 e. The lowest BCUT2D eigenvalue weighted by Gasteiger charge is -2.03. The fourth-order valence-electron chi connectivity index (χ4n) is 2.35. The number of aromatic hydroxyl groups is 1. The molecule has 0 aliphatic rings. The minimum Gasteiger partial charge on any atom is -0.507 e. The first kappa shape index (κ1) is 18.7. The van der Waals surface area contributed by atoms with Gasteiger partial charge in [0.15, 0.2) is 0 Å². The Bertz CT molecular complexity index is 985. The molecule has 0 bridgehead atoms. The van der Waals surface area contributed by atoms with Gasteiger partial charge in [0.1, 0.15) is 17.2 Å². The first-order valence-electron chi connectivity index (χ1n) is 8.17. The summed E-state index contributed by atoms with van der Waals surface area (Å²) in [5.41, 5.74) is 4.59. The topological polar surface area (TPSA) is 99.6 Å². The number of benzene rings is 2. The predicted octanol–water partition coefficient (Wildman–Crippen LogP) is 3.71. The molecule has 2 aromatic carbocycles. The SMILES string of the molecule is CCOc1cccc(-c2cc(C(=O)N/N=C\c3cc(Br)ccc3O)[nH]n2)c1. The van der Waals surface area contributed by atoms with Crippen molar-refractivity contribution >= 4 is 28.1 Å². The van der Waals surface area contributed by atoms with E-state index in [1.54, 1.807) is 18.2 Å². The van der Waals surface area contributed by atoms with Gasteiger partial charge < -0.3 is 9.84 Å². The van der Waals surface area contributed by atoms with E-state index in [1.807, 2.05) is 31.2 Å². The molecular formula is C19H17BrN4O3. The molecular weight excluding hydrogens is 412 g/mol. The summed E-state index contributed by atoms with van der Waals surface area (Å²) in [7, 11) is 0. The first-order valence-corrected chi connectivity index (χ1v) is 8.96. The zero-order valence-corrected chi connectivity index (χ0v) is 16.0. The number of amides is 1. The molecule has 1 heterocycles. The number of nitrogens with zero attached hydrogens (tertiary/aromatic N) is 2. The van der Waals surface area contributed by atoms with Crippen LogP contribution < -0.4 is 10.2 Å². The summed E-state index contributed by atoms with van der Waals surface area (Å²) in [6.45, 7) is 2.49. The number of hydrazone groups is 1. The number of aromatic amines is 1. The molecule has 1 amide bonds. The van der Waals surface area contributed by atoms with Gasteiger partial charge in [0.05, 0.1) is 18.5 Å². The second kappa shape index (κ2) is 8.50. The summed E-state index contributed by atoms with van der Waals surface area (Å²) < 4.78 is 6.27. The van der Waals surface area contributed by atoms with Gasteiger partial charge in [0.2, 0.25) is 0 Å². The molecule has 0 aliphatic carbocycles. The fourth-order valence-corrected chi connectivity index (χ4v) is 2.73. The fraction of sp³-hybridized carbons (Fsp3) is 0.105. The van der Waals surface area contributed by atoms with Crippen LogP contribution in [0.15, 0.2) is 58.1 Å². The van der Waals surface area contributed by atoms with E-state index in [0.717, 1.165) is 15.8 Å². The van der Waals surface area contributed by atoms with Crippen molar-refractivity contribution in [1.29, 1.82) is 0 Å². The quantitative estimate of drug-likeness (QED) is 0.411. The van der Waals surface area contributed by atoms with Crippen LogP contribution in [0.1, 0.15) is 23.0 Å². The Morgan fingerprint density at radius 3 is 3.00 bits per heavy atom. The number of hydrogen-bond donors (Lipinski definition) is 3. The minimum atomic E-state index is -0.444. The van der Waals surface area contributed by atoms with Crippen LogP contribution in [0.3, 0.4) is 0 Å². The Morgan fingerprint density at radius 1 is 1.33 bits per heavy atom. The third-order valence-electron chi connectivity index (χ3n) is 3.62. The Kier molecular flexibility index (Phi) is 5.87. The van der Waals surface area contributed by atoms with Crippen LogP contribution in [-0.2, 0) is 0 Å². The Hall–Kier alpha value is -3.13. The lowest BCUT2D eigenvalue weighted by molar-refractivity contribution is 0.0950. The molecule has 27 heavy (non-hydrogen) atoms. The summed E-state index contributed by atoms with van der Waals surface area (Å²) in [5.74, 6) is 0.358.